The van der Waals surface area contributed by atoms with Crippen LogP contribution in [0.25, 0.3) is 0 Å². The summed E-state index contributed by atoms with van der Waals surface area (Å²) in [6, 6.07) is 8.43. The predicted molar refractivity (Wildman–Crippen MR) is 69.1 cm³/mol. The van der Waals surface area contributed by atoms with Crippen LogP contribution in [0.15, 0.2) is 24.3 Å². The van der Waals surface area contributed by atoms with Crippen molar-refractivity contribution < 1.29 is 9.53 Å². The van der Waals surface area contributed by atoms with Crippen molar-refractivity contribution in [3.05, 3.63) is 35.4 Å². The highest BCUT2D eigenvalue weighted by Crippen LogP contribution is 2.22. The largest absolute Gasteiger partial charge is 0.381 e. The van der Waals surface area contributed by atoms with E-state index in [-0.39, 0.29) is 11.8 Å². The van der Waals surface area contributed by atoms with Gasteiger partial charge in [0.05, 0.1) is 12.5 Å². The molecule has 1 atom stereocenters. The Morgan fingerprint density at radius 3 is 2.89 bits per heavy atom. The van der Waals surface area contributed by atoms with E-state index < -0.39 is 0 Å². The Kier molecular flexibility index (Phi) is 3.33. The number of benzene rings is 1. The van der Waals surface area contributed by atoms with Gasteiger partial charge < -0.3 is 9.64 Å². The third kappa shape index (κ3) is 2.27. The summed E-state index contributed by atoms with van der Waals surface area (Å²) in [6.07, 6.45) is 2.98. The highest BCUT2D eigenvalue weighted by molar-refractivity contribution is 5.79. The smallest absolute Gasteiger partial charge is 0.228 e. The van der Waals surface area contributed by atoms with Crippen molar-refractivity contribution in [1.29, 1.82) is 0 Å². The Hall–Kier alpha value is -1.35. The number of carbonyl (C=O) groups is 1. The van der Waals surface area contributed by atoms with Gasteiger partial charge in [0.15, 0.2) is 0 Å². The molecule has 0 radical (unpaired) electrons. The second-order valence-corrected chi connectivity index (χ2v) is 5.19. The fourth-order valence-corrected chi connectivity index (χ4v) is 2.88. The first-order valence-electron chi connectivity index (χ1n) is 6.78. The minimum Gasteiger partial charge on any atom is -0.381 e. The first-order valence-corrected chi connectivity index (χ1v) is 6.78. The van der Waals surface area contributed by atoms with Crippen molar-refractivity contribution >= 4 is 5.91 Å². The first kappa shape index (κ1) is 11.7. The van der Waals surface area contributed by atoms with Crippen LogP contribution in [0.5, 0.6) is 0 Å². The average molecular weight is 245 g/mol. The van der Waals surface area contributed by atoms with E-state index in [1.165, 1.54) is 11.1 Å². The molecule has 0 aliphatic carbocycles. The Morgan fingerprint density at radius 2 is 2.11 bits per heavy atom. The topological polar surface area (TPSA) is 29.5 Å². The predicted octanol–water partition coefficient (Wildman–Crippen LogP) is 2.00. The van der Waals surface area contributed by atoms with E-state index in [0.717, 1.165) is 39.0 Å². The Balaban J connectivity index is 1.69. The normalized spacial score (nSPS) is 23.6. The minimum atomic E-state index is 0.0870. The van der Waals surface area contributed by atoms with Gasteiger partial charge in [-0.1, -0.05) is 24.3 Å². The van der Waals surface area contributed by atoms with Gasteiger partial charge in [0.25, 0.3) is 0 Å². The highest BCUT2D eigenvalue weighted by atomic mass is 16.5. The van der Waals surface area contributed by atoms with Crippen molar-refractivity contribution in [3.63, 3.8) is 0 Å². The molecule has 1 unspecified atom stereocenters. The van der Waals surface area contributed by atoms with Gasteiger partial charge in [-0.25, -0.2) is 0 Å². The van der Waals surface area contributed by atoms with E-state index in [0.29, 0.717) is 6.61 Å². The monoisotopic (exact) mass is 245 g/mol. The number of hydrogen-bond acceptors (Lipinski definition) is 2. The Bertz CT molecular complexity index is 438. The van der Waals surface area contributed by atoms with E-state index >= 15 is 0 Å². The number of amides is 1. The molecule has 2 aliphatic heterocycles. The molecule has 3 rings (SSSR count). The fraction of sp³-hybridized carbons (Fsp3) is 0.533. The van der Waals surface area contributed by atoms with Crippen LogP contribution in [0.4, 0.5) is 0 Å². The summed E-state index contributed by atoms with van der Waals surface area (Å²) in [6.45, 7) is 3.04. The van der Waals surface area contributed by atoms with Crippen LogP contribution in [0.1, 0.15) is 24.0 Å². The molecule has 3 heteroatoms. The second kappa shape index (κ2) is 5.11. The summed E-state index contributed by atoms with van der Waals surface area (Å²) in [5, 5.41) is 0. The second-order valence-electron chi connectivity index (χ2n) is 5.19. The van der Waals surface area contributed by atoms with Gasteiger partial charge in [-0.05, 0) is 30.4 Å². The lowest BCUT2D eigenvalue weighted by Gasteiger charge is -2.33. The zero-order valence-electron chi connectivity index (χ0n) is 10.6. The zero-order chi connectivity index (χ0) is 12.4. The number of nitrogens with zero attached hydrogens (tertiary/aromatic N) is 1. The molecular formula is C15H19NO2. The Morgan fingerprint density at radius 1 is 1.28 bits per heavy atom. The summed E-state index contributed by atoms with van der Waals surface area (Å²) >= 11 is 0. The van der Waals surface area contributed by atoms with E-state index in [2.05, 4.69) is 24.3 Å². The fourth-order valence-electron chi connectivity index (χ4n) is 2.88. The number of carbonyl (C=O) groups excluding carboxylic acids is 1. The third-order valence-corrected chi connectivity index (χ3v) is 3.95. The van der Waals surface area contributed by atoms with Crippen LogP contribution in [0, 0.1) is 5.92 Å². The molecule has 1 aromatic carbocycles. The number of rotatable bonds is 1. The third-order valence-electron chi connectivity index (χ3n) is 3.95. The standard InChI is InChI=1S/C15H19NO2/c17-15(14-6-3-9-18-11-14)16-8-7-12-4-1-2-5-13(12)10-16/h1-2,4-5,14H,3,6-11H2. The summed E-state index contributed by atoms with van der Waals surface area (Å²) in [7, 11) is 0. The SMILES string of the molecule is O=C(C1CCCOC1)N1CCc2ccccc2C1. The van der Waals surface area contributed by atoms with Crippen molar-refractivity contribution in [2.24, 2.45) is 5.92 Å². The maximum Gasteiger partial charge on any atom is 0.228 e. The maximum absolute atomic E-state index is 12.4. The Labute approximate surface area is 108 Å². The van der Waals surface area contributed by atoms with Crippen LogP contribution in [0.3, 0.4) is 0 Å². The number of ether oxygens (including phenoxy) is 1. The lowest BCUT2D eigenvalue weighted by Crippen LogP contribution is -2.42. The van der Waals surface area contributed by atoms with Crippen LogP contribution < -0.4 is 0 Å². The molecule has 2 aliphatic rings. The van der Waals surface area contributed by atoms with Crippen LogP contribution >= 0.6 is 0 Å². The number of fused-ring (bicyclic) bond motifs is 1. The van der Waals surface area contributed by atoms with Crippen LogP contribution in [0.2, 0.25) is 0 Å². The van der Waals surface area contributed by atoms with Crippen molar-refractivity contribution in [1.82, 2.24) is 4.90 Å². The van der Waals surface area contributed by atoms with E-state index in [1.54, 1.807) is 0 Å². The molecule has 1 aromatic rings. The van der Waals surface area contributed by atoms with Gasteiger partial charge in [-0.15, -0.1) is 0 Å². The molecule has 0 bridgehead atoms. The summed E-state index contributed by atoms with van der Waals surface area (Å²) in [5.74, 6) is 0.369. The summed E-state index contributed by atoms with van der Waals surface area (Å²) in [4.78, 5) is 14.4. The molecule has 0 spiro atoms. The zero-order valence-corrected chi connectivity index (χ0v) is 10.6. The molecule has 96 valence electrons. The van der Waals surface area contributed by atoms with Gasteiger partial charge in [-0.3, -0.25) is 4.79 Å². The molecule has 1 fully saturated rings. The molecule has 2 heterocycles. The lowest BCUT2D eigenvalue weighted by molar-refractivity contribution is -0.140. The first-order chi connectivity index (χ1) is 8.84. The van der Waals surface area contributed by atoms with Crippen molar-refractivity contribution in [2.45, 2.75) is 25.8 Å². The summed E-state index contributed by atoms with van der Waals surface area (Å²) in [5.41, 5.74) is 2.69. The molecule has 0 aromatic heterocycles. The molecule has 0 saturated carbocycles. The number of hydrogen-bond donors (Lipinski definition) is 0. The summed E-state index contributed by atoms with van der Waals surface area (Å²) < 4.78 is 5.42. The quantitative estimate of drug-likeness (QED) is 0.757. The van der Waals surface area contributed by atoms with Gasteiger partial charge in [0.1, 0.15) is 0 Å². The molecule has 18 heavy (non-hydrogen) atoms. The van der Waals surface area contributed by atoms with Gasteiger partial charge in [-0.2, -0.15) is 0 Å². The molecule has 1 amide bonds. The van der Waals surface area contributed by atoms with Gasteiger partial charge in [0, 0.05) is 19.7 Å². The molecule has 3 nitrogen and oxygen atoms in total. The van der Waals surface area contributed by atoms with Crippen molar-refractivity contribution in [2.75, 3.05) is 19.8 Å². The molecular weight excluding hydrogens is 226 g/mol. The van der Waals surface area contributed by atoms with E-state index in [4.69, 9.17) is 4.74 Å². The van der Waals surface area contributed by atoms with Crippen LogP contribution in [-0.4, -0.2) is 30.6 Å². The minimum absolute atomic E-state index is 0.0870. The molecule has 0 N–H and O–H groups in total. The highest BCUT2D eigenvalue weighted by Gasteiger charge is 2.28. The average Bonchev–Trinajstić information content (AvgIpc) is 2.47. The van der Waals surface area contributed by atoms with Crippen LogP contribution in [-0.2, 0) is 22.5 Å². The van der Waals surface area contributed by atoms with E-state index in [1.807, 2.05) is 4.90 Å². The van der Waals surface area contributed by atoms with Crippen molar-refractivity contribution in [3.8, 4) is 0 Å². The maximum atomic E-state index is 12.4. The van der Waals surface area contributed by atoms with E-state index in [9.17, 15) is 4.79 Å². The lowest BCUT2D eigenvalue weighted by atomic mass is 9.96. The molecule has 1 saturated heterocycles. The van der Waals surface area contributed by atoms with Gasteiger partial charge in [0.2, 0.25) is 5.91 Å². The van der Waals surface area contributed by atoms with Gasteiger partial charge >= 0.3 is 0 Å².